The van der Waals surface area contributed by atoms with Gasteiger partial charge >= 0.3 is 5.97 Å². The summed E-state index contributed by atoms with van der Waals surface area (Å²) < 4.78 is 13.2. The SMILES string of the molecule is O=C(O)c1cc(Br)cc(NC(=O)c2ccc(F)cn2)c1. The molecule has 1 aromatic heterocycles. The smallest absolute Gasteiger partial charge is 0.335 e. The van der Waals surface area contributed by atoms with Gasteiger partial charge in [0.2, 0.25) is 0 Å². The number of carbonyl (C=O) groups excluding carboxylic acids is 1. The van der Waals surface area contributed by atoms with Crippen molar-refractivity contribution in [3.8, 4) is 0 Å². The van der Waals surface area contributed by atoms with E-state index in [9.17, 15) is 14.0 Å². The first-order valence-corrected chi connectivity index (χ1v) is 6.22. The minimum Gasteiger partial charge on any atom is -0.478 e. The molecule has 0 aliphatic heterocycles. The molecule has 0 aliphatic rings. The second kappa shape index (κ2) is 5.79. The minimum absolute atomic E-state index is 0.0294. The fraction of sp³-hybridized carbons (Fsp3) is 0. The third-order valence-corrected chi connectivity index (χ3v) is 2.82. The number of halogens is 2. The summed E-state index contributed by atoms with van der Waals surface area (Å²) in [6.07, 6.45) is 0.929. The van der Waals surface area contributed by atoms with Crippen LogP contribution in [0, 0.1) is 5.82 Å². The zero-order valence-corrected chi connectivity index (χ0v) is 11.5. The monoisotopic (exact) mass is 338 g/mol. The Bertz CT molecular complexity index is 674. The van der Waals surface area contributed by atoms with Crippen molar-refractivity contribution in [1.82, 2.24) is 4.98 Å². The largest absolute Gasteiger partial charge is 0.478 e. The highest BCUT2D eigenvalue weighted by molar-refractivity contribution is 9.10. The van der Waals surface area contributed by atoms with Gasteiger partial charge in [-0.2, -0.15) is 0 Å². The Morgan fingerprint density at radius 1 is 1.25 bits per heavy atom. The number of aromatic carboxylic acids is 1. The van der Waals surface area contributed by atoms with Crippen LogP contribution in [0.15, 0.2) is 41.0 Å². The zero-order chi connectivity index (χ0) is 14.7. The van der Waals surface area contributed by atoms with Gasteiger partial charge in [0.05, 0.1) is 11.8 Å². The average Bonchev–Trinajstić information content (AvgIpc) is 2.38. The molecular weight excluding hydrogens is 331 g/mol. The van der Waals surface area contributed by atoms with Gasteiger partial charge in [-0.3, -0.25) is 4.79 Å². The van der Waals surface area contributed by atoms with Crippen LogP contribution in [0.1, 0.15) is 20.8 Å². The molecule has 2 N–H and O–H groups in total. The second-order valence-corrected chi connectivity index (χ2v) is 4.77. The number of benzene rings is 1. The van der Waals surface area contributed by atoms with E-state index < -0.39 is 17.7 Å². The van der Waals surface area contributed by atoms with Crippen molar-refractivity contribution in [1.29, 1.82) is 0 Å². The van der Waals surface area contributed by atoms with Crippen LogP contribution in [-0.2, 0) is 0 Å². The van der Waals surface area contributed by atoms with E-state index in [1.807, 2.05) is 0 Å². The van der Waals surface area contributed by atoms with Gasteiger partial charge in [0.15, 0.2) is 0 Å². The maximum atomic E-state index is 12.7. The van der Waals surface area contributed by atoms with E-state index in [0.717, 1.165) is 12.3 Å². The summed E-state index contributed by atoms with van der Waals surface area (Å²) in [6.45, 7) is 0. The molecule has 1 amide bonds. The van der Waals surface area contributed by atoms with Crippen LogP contribution in [0.2, 0.25) is 0 Å². The lowest BCUT2D eigenvalue weighted by molar-refractivity contribution is 0.0696. The molecule has 7 heteroatoms. The average molecular weight is 339 g/mol. The maximum absolute atomic E-state index is 12.7. The Hall–Kier alpha value is -2.28. The molecule has 0 unspecified atom stereocenters. The molecule has 2 rings (SSSR count). The lowest BCUT2D eigenvalue weighted by Crippen LogP contribution is -2.14. The van der Waals surface area contributed by atoms with Gasteiger partial charge < -0.3 is 10.4 Å². The van der Waals surface area contributed by atoms with Gasteiger partial charge in [-0.05, 0) is 30.3 Å². The van der Waals surface area contributed by atoms with Crippen molar-refractivity contribution in [2.75, 3.05) is 5.32 Å². The lowest BCUT2D eigenvalue weighted by atomic mass is 10.2. The topological polar surface area (TPSA) is 79.3 Å². The first kappa shape index (κ1) is 14.1. The summed E-state index contributed by atoms with van der Waals surface area (Å²) >= 11 is 3.16. The van der Waals surface area contributed by atoms with Crippen LogP contribution < -0.4 is 5.32 Å². The number of pyridine rings is 1. The summed E-state index contributed by atoms with van der Waals surface area (Å²) in [5.74, 6) is -2.21. The number of carboxylic acids is 1. The molecule has 0 aliphatic carbocycles. The molecule has 0 fully saturated rings. The fourth-order valence-electron chi connectivity index (χ4n) is 1.49. The van der Waals surface area contributed by atoms with Crippen molar-refractivity contribution in [3.63, 3.8) is 0 Å². The van der Waals surface area contributed by atoms with Crippen molar-refractivity contribution in [3.05, 3.63) is 58.1 Å². The summed E-state index contributed by atoms with van der Waals surface area (Å²) in [6, 6.07) is 6.63. The Kier molecular flexibility index (Phi) is 4.09. The second-order valence-electron chi connectivity index (χ2n) is 3.85. The molecule has 0 spiro atoms. The molecule has 1 heterocycles. The van der Waals surface area contributed by atoms with Crippen LogP contribution >= 0.6 is 15.9 Å². The molecule has 0 bridgehead atoms. The molecule has 0 saturated carbocycles. The van der Waals surface area contributed by atoms with E-state index in [2.05, 4.69) is 26.2 Å². The zero-order valence-electron chi connectivity index (χ0n) is 9.93. The number of nitrogens with one attached hydrogen (secondary N) is 1. The third-order valence-electron chi connectivity index (χ3n) is 2.36. The first-order chi connectivity index (χ1) is 9.45. The number of carboxylic acid groups (broad SMARTS) is 1. The predicted molar refractivity (Wildman–Crippen MR) is 73.2 cm³/mol. The number of amides is 1. The van der Waals surface area contributed by atoms with Crippen molar-refractivity contribution >= 4 is 33.5 Å². The molecule has 0 atom stereocenters. The van der Waals surface area contributed by atoms with E-state index in [1.165, 1.54) is 18.2 Å². The van der Waals surface area contributed by atoms with E-state index in [4.69, 9.17) is 5.11 Å². The van der Waals surface area contributed by atoms with Crippen molar-refractivity contribution in [2.45, 2.75) is 0 Å². The molecule has 5 nitrogen and oxygen atoms in total. The van der Waals surface area contributed by atoms with Gasteiger partial charge in [-0.15, -0.1) is 0 Å². The predicted octanol–water partition coefficient (Wildman–Crippen LogP) is 2.93. The molecule has 1 aromatic carbocycles. The van der Waals surface area contributed by atoms with Crippen LogP contribution in [0.25, 0.3) is 0 Å². The van der Waals surface area contributed by atoms with Crippen LogP contribution in [-0.4, -0.2) is 22.0 Å². The van der Waals surface area contributed by atoms with Gasteiger partial charge in [-0.1, -0.05) is 15.9 Å². The molecule has 0 radical (unpaired) electrons. The molecule has 20 heavy (non-hydrogen) atoms. The molecular formula is C13H8BrFN2O3. The number of nitrogens with zero attached hydrogens (tertiary/aromatic N) is 1. The van der Waals surface area contributed by atoms with Crippen molar-refractivity contribution < 1.29 is 19.1 Å². The maximum Gasteiger partial charge on any atom is 0.335 e. The lowest BCUT2D eigenvalue weighted by Gasteiger charge is -2.06. The quantitative estimate of drug-likeness (QED) is 0.901. The molecule has 102 valence electrons. The van der Waals surface area contributed by atoms with Crippen LogP contribution in [0.3, 0.4) is 0 Å². The third kappa shape index (κ3) is 3.39. The highest BCUT2D eigenvalue weighted by Gasteiger charge is 2.11. The first-order valence-electron chi connectivity index (χ1n) is 5.42. The Morgan fingerprint density at radius 2 is 2.00 bits per heavy atom. The Morgan fingerprint density at radius 3 is 2.60 bits per heavy atom. The highest BCUT2D eigenvalue weighted by atomic mass is 79.9. The summed E-state index contributed by atoms with van der Waals surface area (Å²) in [4.78, 5) is 26.4. The van der Waals surface area contributed by atoms with Gasteiger partial charge in [-0.25, -0.2) is 14.2 Å². The minimum atomic E-state index is -1.11. The number of hydrogen-bond acceptors (Lipinski definition) is 3. The summed E-state index contributed by atoms with van der Waals surface area (Å²) in [7, 11) is 0. The number of aromatic nitrogens is 1. The van der Waals surface area contributed by atoms with Crippen molar-refractivity contribution in [2.24, 2.45) is 0 Å². The van der Waals surface area contributed by atoms with Crippen LogP contribution in [0.5, 0.6) is 0 Å². The van der Waals surface area contributed by atoms with E-state index in [0.29, 0.717) is 10.2 Å². The Labute approximate surface area is 121 Å². The summed E-state index contributed by atoms with van der Waals surface area (Å²) in [5.41, 5.74) is 0.359. The number of anilines is 1. The van der Waals surface area contributed by atoms with Crippen LogP contribution in [0.4, 0.5) is 10.1 Å². The number of carbonyl (C=O) groups is 2. The molecule has 0 saturated heterocycles. The number of hydrogen-bond donors (Lipinski definition) is 2. The highest BCUT2D eigenvalue weighted by Crippen LogP contribution is 2.20. The van der Waals surface area contributed by atoms with Gasteiger partial charge in [0.1, 0.15) is 11.5 Å². The number of rotatable bonds is 3. The summed E-state index contributed by atoms with van der Waals surface area (Å²) in [5, 5.41) is 11.4. The van der Waals surface area contributed by atoms with Gasteiger partial charge in [0.25, 0.3) is 5.91 Å². The fourth-order valence-corrected chi connectivity index (χ4v) is 1.98. The van der Waals surface area contributed by atoms with E-state index in [-0.39, 0.29) is 11.3 Å². The standard InChI is InChI=1S/C13H8BrFN2O3/c14-8-3-7(13(19)20)4-10(5-8)17-12(18)11-2-1-9(15)6-16-11/h1-6H,(H,17,18)(H,19,20). The normalized spacial score (nSPS) is 10.1. The Balaban J connectivity index is 2.23. The van der Waals surface area contributed by atoms with E-state index in [1.54, 1.807) is 6.07 Å². The molecule has 2 aromatic rings. The van der Waals surface area contributed by atoms with Gasteiger partial charge in [0, 0.05) is 10.2 Å². The van der Waals surface area contributed by atoms with E-state index >= 15 is 0 Å².